The van der Waals surface area contributed by atoms with Crippen LogP contribution >= 0.6 is 11.3 Å². The van der Waals surface area contributed by atoms with Gasteiger partial charge in [-0.3, -0.25) is 4.79 Å². The Balaban J connectivity index is 1.75. The largest absolute Gasteiger partial charge is 0.399 e. The summed E-state index contributed by atoms with van der Waals surface area (Å²) in [5, 5.41) is 1.12. The Morgan fingerprint density at radius 1 is 1.14 bits per heavy atom. The summed E-state index contributed by atoms with van der Waals surface area (Å²) in [6, 6.07) is 15.9. The SMILES string of the molecule is Nc1ccc2c(c1)N(C(=O)c1cc3ccccc3s1)CC2. The number of fused-ring (bicyclic) bond motifs is 2. The summed E-state index contributed by atoms with van der Waals surface area (Å²) in [5.41, 5.74) is 8.71. The molecular weight excluding hydrogens is 280 g/mol. The highest BCUT2D eigenvalue weighted by molar-refractivity contribution is 7.20. The first kappa shape index (κ1) is 12.4. The minimum Gasteiger partial charge on any atom is -0.399 e. The predicted octanol–water partition coefficient (Wildman–Crippen LogP) is 3.69. The van der Waals surface area contributed by atoms with Crippen LogP contribution in [-0.2, 0) is 6.42 Å². The van der Waals surface area contributed by atoms with Gasteiger partial charge in [0.25, 0.3) is 5.91 Å². The van der Waals surface area contributed by atoms with Gasteiger partial charge in [0, 0.05) is 22.6 Å². The molecule has 0 fully saturated rings. The Kier molecular flexibility index (Phi) is 2.72. The maximum absolute atomic E-state index is 12.8. The van der Waals surface area contributed by atoms with Crippen LogP contribution in [0.4, 0.5) is 11.4 Å². The van der Waals surface area contributed by atoms with Gasteiger partial charge in [0.2, 0.25) is 0 Å². The Labute approximate surface area is 126 Å². The second-order valence-electron chi connectivity index (χ2n) is 5.24. The zero-order valence-electron chi connectivity index (χ0n) is 11.4. The third kappa shape index (κ3) is 1.99. The smallest absolute Gasteiger partial charge is 0.268 e. The molecule has 1 aliphatic heterocycles. The fourth-order valence-corrected chi connectivity index (χ4v) is 3.84. The molecule has 0 spiro atoms. The van der Waals surface area contributed by atoms with E-state index in [0.717, 1.165) is 33.6 Å². The topological polar surface area (TPSA) is 46.3 Å². The van der Waals surface area contributed by atoms with Gasteiger partial charge in [0.05, 0.1) is 4.88 Å². The number of anilines is 2. The maximum Gasteiger partial charge on any atom is 0.268 e. The molecular formula is C17H14N2OS. The second kappa shape index (κ2) is 4.60. The van der Waals surface area contributed by atoms with Crippen LogP contribution in [0.5, 0.6) is 0 Å². The van der Waals surface area contributed by atoms with Crippen molar-refractivity contribution in [3.8, 4) is 0 Å². The molecule has 21 heavy (non-hydrogen) atoms. The summed E-state index contributed by atoms with van der Waals surface area (Å²) < 4.78 is 1.15. The maximum atomic E-state index is 12.8. The molecule has 2 aromatic carbocycles. The lowest BCUT2D eigenvalue weighted by atomic mass is 10.1. The Morgan fingerprint density at radius 2 is 2.00 bits per heavy atom. The van der Waals surface area contributed by atoms with Crippen molar-refractivity contribution in [1.29, 1.82) is 0 Å². The zero-order chi connectivity index (χ0) is 14.4. The number of hydrogen-bond acceptors (Lipinski definition) is 3. The second-order valence-corrected chi connectivity index (χ2v) is 6.33. The van der Waals surface area contributed by atoms with Crippen LogP contribution in [0.25, 0.3) is 10.1 Å². The van der Waals surface area contributed by atoms with Crippen LogP contribution in [0.15, 0.2) is 48.5 Å². The van der Waals surface area contributed by atoms with Gasteiger partial charge in [0.15, 0.2) is 0 Å². The Morgan fingerprint density at radius 3 is 2.86 bits per heavy atom. The molecule has 104 valence electrons. The molecule has 2 N–H and O–H groups in total. The van der Waals surface area contributed by atoms with Gasteiger partial charge >= 0.3 is 0 Å². The number of amides is 1. The molecule has 0 radical (unpaired) electrons. The summed E-state index contributed by atoms with van der Waals surface area (Å²) >= 11 is 1.55. The molecule has 0 atom stereocenters. The van der Waals surface area contributed by atoms with E-state index in [-0.39, 0.29) is 5.91 Å². The van der Waals surface area contributed by atoms with Crippen molar-refractivity contribution in [2.75, 3.05) is 17.2 Å². The van der Waals surface area contributed by atoms with Gasteiger partial charge in [-0.15, -0.1) is 11.3 Å². The average molecular weight is 294 g/mol. The fourth-order valence-electron chi connectivity index (χ4n) is 2.83. The lowest BCUT2D eigenvalue weighted by Crippen LogP contribution is -2.28. The lowest BCUT2D eigenvalue weighted by molar-refractivity contribution is 0.0993. The summed E-state index contributed by atoms with van der Waals surface area (Å²) in [5.74, 6) is 0.0700. The van der Waals surface area contributed by atoms with E-state index >= 15 is 0 Å². The molecule has 2 heterocycles. The molecule has 1 aromatic heterocycles. The number of benzene rings is 2. The highest BCUT2D eigenvalue weighted by atomic mass is 32.1. The minimum atomic E-state index is 0.0700. The fraction of sp³-hybridized carbons (Fsp3) is 0.118. The highest BCUT2D eigenvalue weighted by Gasteiger charge is 2.26. The van der Waals surface area contributed by atoms with Gasteiger partial charge in [-0.05, 0) is 41.6 Å². The zero-order valence-corrected chi connectivity index (χ0v) is 12.2. The van der Waals surface area contributed by atoms with E-state index in [1.54, 1.807) is 11.3 Å². The van der Waals surface area contributed by atoms with Gasteiger partial charge < -0.3 is 10.6 Å². The number of carbonyl (C=O) groups is 1. The summed E-state index contributed by atoms with van der Waals surface area (Å²) in [4.78, 5) is 15.4. The first-order valence-electron chi connectivity index (χ1n) is 6.91. The third-order valence-electron chi connectivity index (χ3n) is 3.89. The number of nitrogen functional groups attached to an aromatic ring is 1. The average Bonchev–Trinajstić information content (AvgIpc) is 3.09. The normalized spacial score (nSPS) is 13.6. The van der Waals surface area contributed by atoms with E-state index < -0.39 is 0 Å². The van der Waals surface area contributed by atoms with E-state index in [1.165, 1.54) is 5.56 Å². The van der Waals surface area contributed by atoms with Gasteiger partial charge in [0.1, 0.15) is 0 Å². The molecule has 0 unspecified atom stereocenters. The summed E-state index contributed by atoms with van der Waals surface area (Å²) in [7, 11) is 0. The van der Waals surface area contributed by atoms with Gasteiger partial charge in [-0.1, -0.05) is 24.3 Å². The molecule has 3 aromatic rings. The van der Waals surface area contributed by atoms with Crippen LogP contribution in [0.1, 0.15) is 15.2 Å². The monoisotopic (exact) mass is 294 g/mol. The highest BCUT2D eigenvalue weighted by Crippen LogP contribution is 2.33. The summed E-state index contributed by atoms with van der Waals surface area (Å²) in [6.45, 7) is 0.728. The van der Waals surface area contributed by atoms with Crippen LogP contribution in [-0.4, -0.2) is 12.5 Å². The minimum absolute atomic E-state index is 0.0700. The first-order chi connectivity index (χ1) is 10.2. The summed E-state index contributed by atoms with van der Waals surface area (Å²) in [6.07, 6.45) is 0.895. The van der Waals surface area contributed by atoms with E-state index in [0.29, 0.717) is 5.69 Å². The number of hydrogen-bond donors (Lipinski definition) is 1. The predicted molar refractivity (Wildman–Crippen MR) is 88.1 cm³/mol. The van der Waals surface area contributed by atoms with E-state index in [2.05, 4.69) is 0 Å². The molecule has 1 amide bonds. The van der Waals surface area contributed by atoms with E-state index in [4.69, 9.17) is 5.73 Å². The van der Waals surface area contributed by atoms with Crippen molar-refractivity contribution in [3.63, 3.8) is 0 Å². The lowest BCUT2D eigenvalue weighted by Gasteiger charge is -2.16. The third-order valence-corrected chi connectivity index (χ3v) is 4.99. The number of nitrogens with two attached hydrogens (primary N) is 1. The quantitative estimate of drug-likeness (QED) is 0.696. The molecule has 4 rings (SSSR count). The molecule has 0 aliphatic carbocycles. The van der Waals surface area contributed by atoms with Crippen molar-refractivity contribution < 1.29 is 4.79 Å². The van der Waals surface area contributed by atoms with E-state index in [1.807, 2.05) is 53.4 Å². The van der Waals surface area contributed by atoms with Crippen LogP contribution in [0.2, 0.25) is 0 Å². The van der Waals surface area contributed by atoms with Gasteiger partial charge in [-0.2, -0.15) is 0 Å². The molecule has 3 nitrogen and oxygen atoms in total. The standard InChI is InChI=1S/C17H14N2OS/c18-13-6-5-11-7-8-19(14(11)10-13)17(20)16-9-12-3-1-2-4-15(12)21-16/h1-6,9-10H,7-8,18H2. The molecule has 0 saturated carbocycles. The van der Waals surface area contributed by atoms with Crippen LogP contribution < -0.4 is 10.6 Å². The van der Waals surface area contributed by atoms with Crippen molar-refractivity contribution >= 4 is 38.7 Å². The Bertz CT molecular complexity index is 820. The Hall–Kier alpha value is -2.33. The molecule has 1 aliphatic rings. The van der Waals surface area contributed by atoms with Crippen molar-refractivity contribution in [1.82, 2.24) is 0 Å². The first-order valence-corrected chi connectivity index (χ1v) is 7.73. The molecule has 0 bridgehead atoms. The number of nitrogens with zero attached hydrogens (tertiary/aromatic N) is 1. The van der Waals surface area contributed by atoms with Crippen LogP contribution in [0.3, 0.4) is 0 Å². The van der Waals surface area contributed by atoms with Crippen LogP contribution in [0, 0.1) is 0 Å². The molecule has 0 saturated heterocycles. The molecule has 4 heteroatoms. The number of carbonyl (C=O) groups excluding carboxylic acids is 1. The van der Waals surface area contributed by atoms with Crippen molar-refractivity contribution in [2.45, 2.75) is 6.42 Å². The number of thiophene rings is 1. The van der Waals surface area contributed by atoms with Crippen molar-refractivity contribution in [2.24, 2.45) is 0 Å². The number of rotatable bonds is 1. The van der Waals surface area contributed by atoms with Gasteiger partial charge in [-0.25, -0.2) is 0 Å². The van der Waals surface area contributed by atoms with E-state index in [9.17, 15) is 4.79 Å². The van der Waals surface area contributed by atoms with Crippen molar-refractivity contribution in [3.05, 3.63) is 59.0 Å².